The number of nitrogens with zero attached hydrogens (tertiary/aromatic N) is 3. The minimum Gasteiger partial charge on any atom is -0.460 e. The molecule has 0 aliphatic carbocycles. The highest BCUT2D eigenvalue weighted by Gasteiger charge is 2.29. The molecule has 206 valence electrons. The lowest BCUT2D eigenvalue weighted by Gasteiger charge is -2.25. The molecule has 0 amide bonds. The van der Waals surface area contributed by atoms with Crippen molar-refractivity contribution in [3.05, 3.63) is 51.9 Å². The van der Waals surface area contributed by atoms with E-state index in [-0.39, 0.29) is 11.5 Å². The number of carbonyl (C=O) groups excluding carboxylic acids is 1. The zero-order valence-corrected chi connectivity index (χ0v) is 23.5. The van der Waals surface area contributed by atoms with E-state index in [4.69, 9.17) is 14.5 Å². The van der Waals surface area contributed by atoms with Gasteiger partial charge in [-0.2, -0.15) is 0 Å². The van der Waals surface area contributed by atoms with Crippen LogP contribution in [0.25, 0.3) is 22.4 Å². The fourth-order valence-electron chi connectivity index (χ4n) is 5.18. The van der Waals surface area contributed by atoms with Crippen LogP contribution in [0.5, 0.6) is 0 Å². The lowest BCUT2D eigenvalue weighted by atomic mass is 9.94. The summed E-state index contributed by atoms with van der Waals surface area (Å²) >= 11 is 0. The number of aromatic nitrogens is 3. The summed E-state index contributed by atoms with van der Waals surface area (Å²) in [5.41, 5.74) is 3.94. The van der Waals surface area contributed by atoms with Crippen molar-refractivity contribution >= 4 is 17.0 Å². The molecule has 1 aliphatic rings. The zero-order valence-electron chi connectivity index (χ0n) is 23.5. The Morgan fingerprint density at radius 3 is 2.58 bits per heavy atom. The molecule has 0 unspecified atom stereocenters. The predicted octanol–water partition coefficient (Wildman–Crippen LogP) is 4.41. The summed E-state index contributed by atoms with van der Waals surface area (Å²) in [7, 11) is 1.77. The van der Waals surface area contributed by atoms with Gasteiger partial charge in [0.1, 0.15) is 11.4 Å². The maximum atomic E-state index is 12.7. The van der Waals surface area contributed by atoms with Gasteiger partial charge < -0.3 is 23.7 Å². The first-order valence-electron chi connectivity index (χ1n) is 13.6. The highest BCUT2D eigenvalue weighted by molar-refractivity contribution is 5.81. The van der Waals surface area contributed by atoms with Crippen LogP contribution in [0.4, 0.5) is 0 Å². The Bertz CT molecular complexity index is 1320. The second kappa shape index (κ2) is 11.4. The second-order valence-corrected chi connectivity index (χ2v) is 11.7. The van der Waals surface area contributed by atoms with Crippen molar-refractivity contribution in [2.24, 2.45) is 18.9 Å². The highest BCUT2D eigenvalue weighted by Crippen LogP contribution is 2.29. The maximum Gasteiger partial charge on any atom is 0.312 e. The second-order valence-electron chi connectivity index (χ2n) is 11.7. The molecule has 1 aliphatic heterocycles. The normalized spacial score (nSPS) is 16.5. The van der Waals surface area contributed by atoms with Crippen LogP contribution in [0.1, 0.15) is 58.1 Å². The average molecular weight is 524 g/mol. The number of aliphatic hydroxyl groups is 1. The predicted molar refractivity (Wildman–Crippen MR) is 148 cm³/mol. The van der Waals surface area contributed by atoms with E-state index in [0.717, 1.165) is 60.6 Å². The zero-order chi connectivity index (χ0) is 27.6. The van der Waals surface area contributed by atoms with Crippen LogP contribution in [0.2, 0.25) is 0 Å². The Hall–Kier alpha value is -2.97. The molecule has 38 heavy (non-hydrogen) atoms. The number of imidazole rings is 1. The van der Waals surface area contributed by atoms with Crippen molar-refractivity contribution in [1.29, 1.82) is 0 Å². The monoisotopic (exact) mass is 523 g/mol. The number of benzene rings is 1. The van der Waals surface area contributed by atoms with Crippen LogP contribution < -0.4 is 5.56 Å². The van der Waals surface area contributed by atoms with Crippen molar-refractivity contribution in [2.45, 2.75) is 78.6 Å². The molecule has 2 atom stereocenters. The van der Waals surface area contributed by atoms with Crippen LogP contribution >= 0.6 is 0 Å². The van der Waals surface area contributed by atoms with E-state index in [2.05, 4.69) is 22.8 Å². The van der Waals surface area contributed by atoms with E-state index in [9.17, 15) is 14.7 Å². The Labute approximate surface area is 224 Å². The number of fused-ring (bicyclic) bond motifs is 1. The third-order valence-corrected chi connectivity index (χ3v) is 7.25. The third-order valence-electron chi connectivity index (χ3n) is 7.25. The van der Waals surface area contributed by atoms with Gasteiger partial charge in [0.05, 0.1) is 23.1 Å². The standard InChI is InChI=1S/C30H41N3O5/c1-19-15-23(18-32(6)28(19)35)27-31-25-16-21(7-9-24(20(2)34)29(36)38-30(3,4)5)8-10-26(25)33(27)17-22-11-13-37-14-12-22/h8,10,15-16,18,20,22,24,34H,7,9,11-14,17H2,1-6H3/t20-,24+/m1/s1. The molecule has 1 fully saturated rings. The van der Waals surface area contributed by atoms with Crippen LogP contribution in [0, 0.1) is 18.8 Å². The SMILES string of the molecule is Cc1cc(-c2nc3cc(CC[C@H](C(=O)OC(C)(C)C)[C@@H](C)O)ccc3n2CC2CCOCC2)cn(C)c1=O. The number of carbonyl (C=O) groups is 1. The summed E-state index contributed by atoms with van der Waals surface area (Å²) in [6.07, 6.45) is 4.17. The Kier molecular flexibility index (Phi) is 8.43. The summed E-state index contributed by atoms with van der Waals surface area (Å²) in [5.74, 6) is 0.369. The van der Waals surface area contributed by atoms with Crippen LogP contribution in [0.3, 0.4) is 0 Å². The smallest absolute Gasteiger partial charge is 0.312 e. The molecule has 0 spiro atoms. The average Bonchev–Trinajstić information content (AvgIpc) is 3.19. The number of aryl methyl sites for hydroxylation is 3. The number of rotatable bonds is 8. The number of ether oxygens (including phenoxy) is 2. The van der Waals surface area contributed by atoms with Gasteiger partial charge in [-0.15, -0.1) is 0 Å². The van der Waals surface area contributed by atoms with Crippen LogP contribution in [-0.2, 0) is 34.3 Å². The fourth-order valence-corrected chi connectivity index (χ4v) is 5.18. The molecule has 8 nitrogen and oxygen atoms in total. The van der Waals surface area contributed by atoms with E-state index in [0.29, 0.717) is 24.3 Å². The number of pyridine rings is 1. The number of aliphatic hydroxyl groups excluding tert-OH is 1. The lowest BCUT2D eigenvalue weighted by molar-refractivity contribution is -0.163. The van der Waals surface area contributed by atoms with E-state index in [1.165, 1.54) is 0 Å². The van der Waals surface area contributed by atoms with Gasteiger partial charge in [-0.05, 0) is 90.0 Å². The van der Waals surface area contributed by atoms with Gasteiger partial charge in [-0.25, -0.2) is 4.98 Å². The molecular formula is C30H41N3O5. The largest absolute Gasteiger partial charge is 0.460 e. The summed E-state index contributed by atoms with van der Waals surface area (Å²) in [6, 6.07) is 8.16. The minimum atomic E-state index is -0.799. The van der Waals surface area contributed by atoms with Gasteiger partial charge in [0.25, 0.3) is 5.56 Å². The van der Waals surface area contributed by atoms with Gasteiger partial charge in [0, 0.05) is 44.1 Å². The van der Waals surface area contributed by atoms with Crippen LogP contribution in [0.15, 0.2) is 35.3 Å². The van der Waals surface area contributed by atoms with Crippen molar-refractivity contribution in [2.75, 3.05) is 13.2 Å². The summed E-state index contributed by atoms with van der Waals surface area (Å²) in [6.45, 7) is 11.3. The fraction of sp³-hybridized carbons (Fsp3) is 0.567. The molecule has 0 saturated carbocycles. The molecule has 8 heteroatoms. The third kappa shape index (κ3) is 6.53. The van der Waals surface area contributed by atoms with Crippen molar-refractivity contribution in [1.82, 2.24) is 14.1 Å². The minimum absolute atomic E-state index is 0.0132. The van der Waals surface area contributed by atoms with Crippen LogP contribution in [-0.4, -0.2) is 50.1 Å². The first-order valence-corrected chi connectivity index (χ1v) is 13.6. The number of hydrogen-bond donors (Lipinski definition) is 1. The molecule has 1 N–H and O–H groups in total. The van der Waals surface area contributed by atoms with Gasteiger partial charge in [0.2, 0.25) is 0 Å². The first kappa shape index (κ1) is 28.0. The number of hydrogen-bond acceptors (Lipinski definition) is 6. The first-order chi connectivity index (χ1) is 17.9. The summed E-state index contributed by atoms with van der Waals surface area (Å²) < 4.78 is 15.0. The molecule has 3 heterocycles. The molecule has 4 rings (SSSR count). The van der Waals surface area contributed by atoms with E-state index in [1.54, 1.807) is 18.5 Å². The van der Waals surface area contributed by atoms with E-state index < -0.39 is 17.6 Å². The van der Waals surface area contributed by atoms with Gasteiger partial charge in [0.15, 0.2) is 0 Å². The Balaban J connectivity index is 1.66. The topological polar surface area (TPSA) is 95.6 Å². The van der Waals surface area contributed by atoms with E-state index in [1.807, 2.05) is 40.0 Å². The Morgan fingerprint density at radius 2 is 1.95 bits per heavy atom. The van der Waals surface area contributed by atoms with Crippen molar-refractivity contribution in [3.8, 4) is 11.4 Å². The van der Waals surface area contributed by atoms with Gasteiger partial charge in [-0.1, -0.05) is 6.07 Å². The molecule has 3 aromatic rings. The van der Waals surface area contributed by atoms with Crippen molar-refractivity contribution in [3.63, 3.8) is 0 Å². The maximum absolute atomic E-state index is 12.7. The van der Waals surface area contributed by atoms with E-state index >= 15 is 0 Å². The molecule has 0 radical (unpaired) electrons. The number of esters is 1. The highest BCUT2D eigenvalue weighted by atomic mass is 16.6. The molecule has 0 bridgehead atoms. The summed E-state index contributed by atoms with van der Waals surface area (Å²) in [5, 5.41) is 10.3. The summed E-state index contributed by atoms with van der Waals surface area (Å²) in [4.78, 5) is 30.1. The quantitative estimate of drug-likeness (QED) is 0.440. The molecular weight excluding hydrogens is 482 g/mol. The van der Waals surface area contributed by atoms with Gasteiger partial charge >= 0.3 is 5.97 Å². The molecule has 1 saturated heterocycles. The molecule has 1 aromatic carbocycles. The Morgan fingerprint density at radius 1 is 1.24 bits per heavy atom. The van der Waals surface area contributed by atoms with Crippen molar-refractivity contribution < 1.29 is 19.4 Å². The van der Waals surface area contributed by atoms with Gasteiger partial charge in [-0.3, -0.25) is 9.59 Å². The molecule has 2 aromatic heterocycles. The lowest BCUT2D eigenvalue weighted by Crippen LogP contribution is -2.34.